The molecule has 0 unspecified atom stereocenters. The highest BCUT2D eigenvalue weighted by Crippen LogP contribution is 2.27. The Morgan fingerprint density at radius 2 is 1.94 bits per heavy atom. The molecule has 0 aliphatic carbocycles. The van der Waals surface area contributed by atoms with E-state index < -0.39 is 0 Å². The van der Waals surface area contributed by atoms with Crippen molar-refractivity contribution in [3.8, 4) is 11.5 Å². The minimum Gasteiger partial charge on any atom is -0.493 e. The lowest BCUT2D eigenvalue weighted by atomic mass is 10.1. The van der Waals surface area contributed by atoms with Crippen LogP contribution in [0.25, 0.3) is 5.65 Å². The Labute approximate surface area is 207 Å². The SMILES string of the molecule is CCNC(=NCCc1cn2cccc(C)c2n1)N(C)CCc1ccc(OC)c(OC)c1.I. The van der Waals surface area contributed by atoms with Crippen LogP contribution in [-0.2, 0) is 12.8 Å². The Balaban J connectivity index is 0.00000363. The number of aromatic nitrogens is 2. The first-order valence-electron chi connectivity index (χ1n) is 10.7. The number of nitrogens with zero attached hydrogens (tertiary/aromatic N) is 4. The number of methoxy groups -OCH3 is 2. The van der Waals surface area contributed by atoms with Crippen molar-refractivity contribution < 1.29 is 9.47 Å². The van der Waals surface area contributed by atoms with Gasteiger partial charge in [0.2, 0.25) is 0 Å². The van der Waals surface area contributed by atoms with Gasteiger partial charge in [0, 0.05) is 45.5 Å². The predicted molar refractivity (Wildman–Crippen MR) is 141 cm³/mol. The van der Waals surface area contributed by atoms with Gasteiger partial charge in [-0.25, -0.2) is 4.98 Å². The van der Waals surface area contributed by atoms with Gasteiger partial charge in [0.25, 0.3) is 0 Å². The quantitative estimate of drug-likeness (QED) is 0.248. The van der Waals surface area contributed by atoms with E-state index in [1.54, 1.807) is 14.2 Å². The Morgan fingerprint density at radius 1 is 1.16 bits per heavy atom. The lowest BCUT2D eigenvalue weighted by Gasteiger charge is -2.22. The zero-order chi connectivity index (χ0) is 22.2. The van der Waals surface area contributed by atoms with Gasteiger partial charge in [-0.3, -0.25) is 4.99 Å². The van der Waals surface area contributed by atoms with Crippen LogP contribution in [0.15, 0.2) is 47.7 Å². The minimum absolute atomic E-state index is 0. The number of rotatable bonds is 9. The second kappa shape index (κ2) is 12.5. The summed E-state index contributed by atoms with van der Waals surface area (Å²) in [7, 11) is 5.38. The normalized spacial score (nSPS) is 11.2. The molecule has 0 bridgehead atoms. The highest BCUT2D eigenvalue weighted by molar-refractivity contribution is 14.0. The van der Waals surface area contributed by atoms with E-state index in [0.29, 0.717) is 6.54 Å². The standard InChI is InChI=1S/C24H33N5O2.HI/c1-6-25-24(26-13-11-20-17-29-14-7-8-18(2)23(29)27-20)28(3)15-12-19-9-10-21(30-4)22(16-19)31-5;/h7-10,14,16-17H,6,11-13,15H2,1-5H3,(H,25,26);1H. The summed E-state index contributed by atoms with van der Waals surface area (Å²) < 4.78 is 12.8. The van der Waals surface area contributed by atoms with Crippen molar-refractivity contribution in [1.29, 1.82) is 0 Å². The molecule has 3 rings (SSSR count). The monoisotopic (exact) mass is 551 g/mol. The smallest absolute Gasteiger partial charge is 0.193 e. The van der Waals surface area contributed by atoms with Crippen LogP contribution in [0, 0.1) is 6.92 Å². The number of ether oxygens (including phenoxy) is 2. The van der Waals surface area contributed by atoms with Gasteiger partial charge in [-0.15, -0.1) is 24.0 Å². The lowest BCUT2D eigenvalue weighted by molar-refractivity contribution is 0.354. The van der Waals surface area contributed by atoms with Gasteiger partial charge in [0.15, 0.2) is 17.5 Å². The molecule has 0 saturated carbocycles. The molecule has 0 amide bonds. The average molecular weight is 551 g/mol. The third-order valence-electron chi connectivity index (χ3n) is 5.24. The molecule has 0 aliphatic rings. The number of fused-ring (bicyclic) bond motifs is 1. The maximum atomic E-state index is 5.41. The van der Waals surface area contributed by atoms with Crippen molar-refractivity contribution in [2.75, 3.05) is 40.9 Å². The second-order valence-corrected chi connectivity index (χ2v) is 7.50. The highest BCUT2D eigenvalue weighted by Gasteiger charge is 2.09. The Hall–Kier alpha value is -2.49. The number of hydrogen-bond donors (Lipinski definition) is 1. The van der Waals surface area contributed by atoms with Gasteiger partial charge < -0.3 is 24.1 Å². The van der Waals surface area contributed by atoms with E-state index in [9.17, 15) is 0 Å². The fourth-order valence-electron chi connectivity index (χ4n) is 3.51. The molecule has 2 heterocycles. The van der Waals surface area contributed by atoms with Gasteiger partial charge >= 0.3 is 0 Å². The second-order valence-electron chi connectivity index (χ2n) is 7.50. The van der Waals surface area contributed by atoms with Crippen LogP contribution in [0.5, 0.6) is 11.5 Å². The summed E-state index contributed by atoms with van der Waals surface area (Å²) in [5, 5.41) is 3.39. The molecule has 7 nitrogen and oxygen atoms in total. The first kappa shape index (κ1) is 25.8. The Morgan fingerprint density at radius 3 is 2.62 bits per heavy atom. The van der Waals surface area contributed by atoms with E-state index >= 15 is 0 Å². The predicted octanol–water partition coefficient (Wildman–Crippen LogP) is 3.96. The van der Waals surface area contributed by atoms with E-state index in [4.69, 9.17) is 19.5 Å². The topological polar surface area (TPSA) is 63.4 Å². The zero-order valence-electron chi connectivity index (χ0n) is 19.6. The fraction of sp³-hybridized carbons (Fsp3) is 0.417. The summed E-state index contributed by atoms with van der Waals surface area (Å²) in [6.07, 6.45) is 5.81. The van der Waals surface area contributed by atoms with Crippen molar-refractivity contribution in [1.82, 2.24) is 19.6 Å². The van der Waals surface area contributed by atoms with Crippen molar-refractivity contribution >= 4 is 35.6 Å². The van der Waals surface area contributed by atoms with Crippen LogP contribution >= 0.6 is 24.0 Å². The van der Waals surface area contributed by atoms with Gasteiger partial charge in [0.05, 0.1) is 19.9 Å². The van der Waals surface area contributed by atoms with E-state index in [0.717, 1.165) is 54.7 Å². The molecule has 0 atom stereocenters. The number of nitrogens with one attached hydrogen (secondary N) is 1. The summed E-state index contributed by atoms with van der Waals surface area (Å²) in [6, 6.07) is 10.2. The van der Waals surface area contributed by atoms with Gasteiger partial charge in [-0.05, 0) is 49.6 Å². The third kappa shape index (κ3) is 6.51. The average Bonchev–Trinajstić information content (AvgIpc) is 3.21. The van der Waals surface area contributed by atoms with Gasteiger partial charge in [0.1, 0.15) is 5.65 Å². The summed E-state index contributed by atoms with van der Waals surface area (Å²) >= 11 is 0. The maximum Gasteiger partial charge on any atom is 0.193 e. The zero-order valence-corrected chi connectivity index (χ0v) is 21.9. The molecular formula is C24H34IN5O2. The number of pyridine rings is 1. The lowest BCUT2D eigenvalue weighted by Crippen LogP contribution is -2.40. The first-order chi connectivity index (χ1) is 15.0. The molecule has 0 fully saturated rings. The molecule has 8 heteroatoms. The van der Waals surface area contributed by atoms with Crippen molar-refractivity contribution in [3.63, 3.8) is 0 Å². The van der Waals surface area contributed by atoms with E-state index in [-0.39, 0.29) is 24.0 Å². The molecule has 174 valence electrons. The summed E-state index contributed by atoms with van der Waals surface area (Å²) in [5.41, 5.74) is 4.45. The Kier molecular flexibility index (Phi) is 10.1. The first-order valence-corrected chi connectivity index (χ1v) is 10.7. The van der Waals surface area contributed by atoms with E-state index in [2.05, 4.69) is 53.8 Å². The number of benzene rings is 1. The summed E-state index contributed by atoms with van der Waals surface area (Å²) in [6.45, 7) is 6.53. The summed E-state index contributed by atoms with van der Waals surface area (Å²) in [5.74, 6) is 2.41. The number of hydrogen-bond acceptors (Lipinski definition) is 4. The largest absolute Gasteiger partial charge is 0.493 e. The molecule has 1 N–H and O–H groups in total. The van der Waals surface area contributed by atoms with E-state index in [1.165, 1.54) is 11.1 Å². The van der Waals surface area contributed by atoms with Crippen molar-refractivity contribution in [2.24, 2.45) is 4.99 Å². The molecule has 0 radical (unpaired) electrons. The molecule has 0 spiro atoms. The van der Waals surface area contributed by atoms with Crippen LogP contribution < -0.4 is 14.8 Å². The number of imidazole rings is 1. The van der Waals surface area contributed by atoms with Crippen LogP contribution in [0.1, 0.15) is 23.7 Å². The van der Waals surface area contributed by atoms with Gasteiger partial charge in [-0.2, -0.15) is 0 Å². The van der Waals surface area contributed by atoms with Crippen LogP contribution in [-0.4, -0.2) is 61.1 Å². The molecule has 3 aromatic rings. The number of aliphatic imine (C=N–C) groups is 1. The maximum absolute atomic E-state index is 5.41. The number of aryl methyl sites for hydroxylation is 1. The number of guanidine groups is 1. The fourth-order valence-corrected chi connectivity index (χ4v) is 3.51. The van der Waals surface area contributed by atoms with Crippen molar-refractivity contribution in [3.05, 3.63) is 59.5 Å². The van der Waals surface area contributed by atoms with Crippen LogP contribution in [0.3, 0.4) is 0 Å². The molecule has 0 saturated heterocycles. The Bertz CT molecular complexity index is 1030. The van der Waals surface area contributed by atoms with Crippen LogP contribution in [0.4, 0.5) is 0 Å². The van der Waals surface area contributed by atoms with E-state index in [1.807, 2.05) is 24.4 Å². The third-order valence-corrected chi connectivity index (χ3v) is 5.24. The minimum atomic E-state index is 0. The van der Waals surface area contributed by atoms with Crippen LogP contribution in [0.2, 0.25) is 0 Å². The summed E-state index contributed by atoms with van der Waals surface area (Å²) in [4.78, 5) is 11.7. The number of likely N-dealkylation sites (N-methyl/N-ethyl adjacent to an activating group) is 1. The highest BCUT2D eigenvalue weighted by atomic mass is 127. The molecule has 32 heavy (non-hydrogen) atoms. The molecular weight excluding hydrogens is 517 g/mol. The molecule has 2 aromatic heterocycles. The molecule has 0 aliphatic heterocycles. The van der Waals surface area contributed by atoms with Crippen molar-refractivity contribution in [2.45, 2.75) is 26.7 Å². The molecule has 1 aromatic carbocycles. The van der Waals surface area contributed by atoms with Gasteiger partial charge in [-0.1, -0.05) is 12.1 Å². The number of halogens is 1.